The number of halogens is 1. The van der Waals surface area contributed by atoms with Gasteiger partial charge in [0, 0.05) is 23.0 Å². The largest absolute Gasteiger partial charge is 0.504 e. The number of hydrogen-bond donors (Lipinski definition) is 2. The first-order valence-corrected chi connectivity index (χ1v) is 10.9. The first-order chi connectivity index (χ1) is 17.1. The standard InChI is InChI=1S/C26H23FN6O2/c1-17-28-16-33(31-17)23-10-9-21(14-19(23)15-34)29-22-4-3-12-32-24(11-13-35-2)25(30-26(22)32)18-5-7-20(27)8-6-18/h3-14,16,29,34H,15H2,1-2H3/b13-11+. The second kappa shape index (κ2) is 9.40. The van der Waals surface area contributed by atoms with Crippen LogP contribution in [0, 0.1) is 12.7 Å². The Bertz CT molecular complexity index is 1520. The molecule has 3 aromatic heterocycles. The zero-order chi connectivity index (χ0) is 24.4. The zero-order valence-corrected chi connectivity index (χ0v) is 19.2. The van der Waals surface area contributed by atoms with E-state index in [-0.39, 0.29) is 12.4 Å². The van der Waals surface area contributed by atoms with Gasteiger partial charge >= 0.3 is 0 Å². The van der Waals surface area contributed by atoms with Crippen LogP contribution in [0.15, 0.2) is 73.4 Å². The van der Waals surface area contributed by atoms with Crippen molar-refractivity contribution in [3.05, 3.63) is 96.3 Å². The Morgan fingerprint density at radius 3 is 2.69 bits per heavy atom. The van der Waals surface area contributed by atoms with Crippen LogP contribution in [-0.2, 0) is 11.3 Å². The highest BCUT2D eigenvalue weighted by Crippen LogP contribution is 2.31. The van der Waals surface area contributed by atoms with Crippen molar-refractivity contribution in [2.75, 3.05) is 12.4 Å². The number of aliphatic hydroxyl groups is 1. The van der Waals surface area contributed by atoms with Crippen LogP contribution in [0.1, 0.15) is 17.1 Å². The highest BCUT2D eigenvalue weighted by molar-refractivity contribution is 5.81. The first-order valence-electron chi connectivity index (χ1n) is 10.9. The Morgan fingerprint density at radius 2 is 1.97 bits per heavy atom. The molecule has 5 aromatic rings. The summed E-state index contributed by atoms with van der Waals surface area (Å²) in [5.74, 6) is 0.343. The second-order valence-corrected chi connectivity index (χ2v) is 7.87. The van der Waals surface area contributed by atoms with Crippen molar-refractivity contribution in [1.82, 2.24) is 24.1 Å². The number of benzene rings is 2. The summed E-state index contributed by atoms with van der Waals surface area (Å²) in [6.07, 6.45) is 6.93. The molecule has 3 heterocycles. The molecule has 0 unspecified atom stereocenters. The summed E-state index contributed by atoms with van der Waals surface area (Å²) in [6, 6.07) is 15.7. The number of pyridine rings is 1. The number of fused-ring (bicyclic) bond motifs is 1. The van der Waals surface area contributed by atoms with Crippen LogP contribution in [-0.4, -0.2) is 36.4 Å². The van der Waals surface area contributed by atoms with Gasteiger partial charge in [-0.15, -0.1) is 0 Å². The number of anilines is 2. The summed E-state index contributed by atoms with van der Waals surface area (Å²) in [5.41, 5.74) is 5.96. The number of methoxy groups -OCH3 is 1. The maximum absolute atomic E-state index is 13.5. The number of aromatic nitrogens is 5. The molecule has 0 amide bonds. The molecular formula is C26H23FN6O2. The fourth-order valence-corrected chi connectivity index (χ4v) is 3.93. The van der Waals surface area contributed by atoms with Crippen LogP contribution < -0.4 is 5.32 Å². The first kappa shape index (κ1) is 22.3. The molecule has 0 fully saturated rings. The third kappa shape index (κ3) is 4.36. The normalized spacial score (nSPS) is 11.4. The average molecular weight is 471 g/mol. The summed E-state index contributed by atoms with van der Waals surface area (Å²) >= 11 is 0. The van der Waals surface area contributed by atoms with E-state index in [2.05, 4.69) is 15.4 Å². The third-order valence-corrected chi connectivity index (χ3v) is 5.55. The number of rotatable bonds is 7. The van der Waals surface area contributed by atoms with E-state index >= 15 is 0 Å². The van der Waals surface area contributed by atoms with Crippen molar-refractivity contribution in [2.45, 2.75) is 13.5 Å². The smallest absolute Gasteiger partial charge is 0.161 e. The molecule has 0 saturated heterocycles. The number of aliphatic hydroxyl groups excluding tert-OH is 1. The molecule has 8 nitrogen and oxygen atoms in total. The van der Waals surface area contributed by atoms with Crippen molar-refractivity contribution in [2.24, 2.45) is 0 Å². The van der Waals surface area contributed by atoms with Crippen molar-refractivity contribution < 1.29 is 14.2 Å². The van der Waals surface area contributed by atoms with E-state index in [9.17, 15) is 9.50 Å². The Kier molecular flexibility index (Phi) is 5.99. The molecule has 0 atom stereocenters. The van der Waals surface area contributed by atoms with Crippen LogP contribution >= 0.6 is 0 Å². The van der Waals surface area contributed by atoms with Crippen LogP contribution in [0.5, 0.6) is 0 Å². The zero-order valence-electron chi connectivity index (χ0n) is 19.2. The molecule has 0 aliphatic rings. The van der Waals surface area contributed by atoms with Crippen molar-refractivity contribution >= 4 is 23.1 Å². The highest BCUT2D eigenvalue weighted by Gasteiger charge is 2.16. The van der Waals surface area contributed by atoms with Gasteiger partial charge < -0.3 is 15.2 Å². The molecule has 0 bridgehead atoms. The molecule has 9 heteroatoms. The molecule has 0 radical (unpaired) electrons. The van der Waals surface area contributed by atoms with E-state index in [1.54, 1.807) is 36.5 Å². The second-order valence-electron chi connectivity index (χ2n) is 7.87. The van der Waals surface area contributed by atoms with E-state index in [1.165, 1.54) is 12.1 Å². The van der Waals surface area contributed by atoms with Gasteiger partial charge in [0.15, 0.2) is 5.65 Å². The third-order valence-electron chi connectivity index (χ3n) is 5.55. The molecule has 2 N–H and O–H groups in total. The predicted octanol–water partition coefficient (Wildman–Crippen LogP) is 4.88. The summed E-state index contributed by atoms with van der Waals surface area (Å²) in [6.45, 7) is 1.66. The lowest BCUT2D eigenvalue weighted by Crippen LogP contribution is -2.02. The summed E-state index contributed by atoms with van der Waals surface area (Å²) in [5, 5.41) is 17.7. The van der Waals surface area contributed by atoms with E-state index in [0.717, 1.165) is 28.3 Å². The molecule has 2 aromatic carbocycles. The lowest BCUT2D eigenvalue weighted by Gasteiger charge is -2.12. The molecule has 5 rings (SSSR count). The monoisotopic (exact) mass is 470 g/mol. The van der Waals surface area contributed by atoms with Gasteiger partial charge in [-0.1, -0.05) is 0 Å². The number of hydrogen-bond acceptors (Lipinski definition) is 6. The molecule has 0 spiro atoms. The number of imidazole rings is 1. The Labute approximate surface area is 201 Å². The number of ether oxygens (including phenoxy) is 1. The van der Waals surface area contributed by atoms with Gasteiger partial charge in [-0.05, 0) is 67.6 Å². The molecular weight excluding hydrogens is 447 g/mol. The fourth-order valence-electron chi connectivity index (χ4n) is 3.93. The van der Waals surface area contributed by atoms with Crippen molar-refractivity contribution in [1.29, 1.82) is 0 Å². The lowest BCUT2D eigenvalue weighted by molar-refractivity contribution is 0.281. The van der Waals surface area contributed by atoms with Crippen molar-refractivity contribution in [3.63, 3.8) is 0 Å². The van der Waals surface area contributed by atoms with Gasteiger partial charge in [0.1, 0.15) is 18.0 Å². The number of aryl methyl sites for hydroxylation is 1. The van der Waals surface area contributed by atoms with E-state index in [4.69, 9.17) is 9.72 Å². The molecule has 0 aliphatic heterocycles. The summed E-state index contributed by atoms with van der Waals surface area (Å²) in [7, 11) is 1.58. The minimum absolute atomic E-state index is 0.155. The van der Waals surface area contributed by atoms with E-state index in [1.807, 2.05) is 53.9 Å². The van der Waals surface area contributed by atoms with Crippen molar-refractivity contribution in [3.8, 4) is 16.9 Å². The van der Waals surface area contributed by atoms with E-state index < -0.39 is 0 Å². The van der Waals surface area contributed by atoms with Gasteiger partial charge in [0.05, 0.1) is 42.7 Å². The molecule has 35 heavy (non-hydrogen) atoms. The SMILES string of the molecule is CO/C=C/c1c(-c2ccc(F)cc2)nc2c(Nc3ccc(-n4cnc(C)n4)c(CO)c3)cccn12. The average Bonchev–Trinajstić information content (AvgIpc) is 3.47. The Balaban J connectivity index is 1.57. The molecule has 0 saturated carbocycles. The Hall–Kier alpha value is -4.50. The van der Waals surface area contributed by atoms with Gasteiger partial charge in [-0.3, -0.25) is 4.40 Å². The highest BCUT2D eigenvalue weighted by atomic mass is 19.1. The van der Waals surface area contributed by atoms with Crippen LogP contribution in [0.3, 0.4) is 0 Å². The molecule has 0 aliphatic carbocycles. The lowest BCUT2D eigenvalue weighted by atomic mass is 10.1. The van der Waals surface area contributed by atoms with E-state index in [0.29, 0.717) is 22.7 Å². The Morgan fingerprint density at radius 1 is 1.14 bits per heavy atom. The fraction of sp³-hybridized carbons (Fsp3) is 0.115. The van der Waals surface area contributed by atoms with Gasteiger partial charge in [-0.2, -0.15) is 5.10 Å². The number of nitrogens with one attached hydrogen (secondary N) is 1. The van der Waals surface area contributed by atoms with Gasteiger partial charge in [0.2, 0.25) is 0 Å². The van der Waals surface area contributed by atoms with Crippen LogP contribution in [0.2, 0.25) is 0 Å². The summed E-state index contributed by atoms with van der Waals surface area (Å²) < 4.78 is 22.2. The maximum Gasteiger partial charge on any atom is 0.161 e. The molecule has 176 valence electrons. The maximum atomic E-state index is 13.5. The minimum atomic E-state index is -0.307. The minimum Gasteiger partial charge on any atom is -0.504 e. The summed E-state index contributed by atoms with van der Waals surface area (Å²) in [4.78, 5) is 9.03. The van der Waals surface area contributed by atoms with Crippen LogP contribution in [0.4, 0.5) is 15.8 Å². The van der Waals surface area contributed by atoms with Gasteiger partial charge in [-0.25, -0.2) is 19.0 Å². The topological polar surface area (TPSA) is 89.5 Å². The quantitative estimate of drug-likeness (QED) is 0.330. The van der Waals surface area contributed by atoms with Gasteiger partial charge in [0.25, 0.3) is 0 Å². The number of nitrogens with zero attached hydrogens (tertiary/aromatic N) is 5. The van der Waals surface area contributed by atoms with Crippen LogP contribution in [0.25, 0.3) is 28.7 Å². The predicted molar refractivity (Wildman–Crippen MR) is 132 cm³/mol.